The summed E-state index contributed by atoms with van der Waals surface area (Å²) in [5, 5.41) is 2.89. The Morgan fingerprint density at radius 1 is 1.33 bits per heavy atom. The molecule has 0 heterocycles. The van der Waals surface area contributed by atoms with E-state index in [1.165, 1.54) is 0 Å². The van der Waals surface area contributed by atoms with Crippen LogP contribution in [0.4, 0.5) is 5.69 Å². The smallest absolute Gasteiger partial charge is 0.244 e. The molecule has 1 saturated carbocycles. The summed E-state index contributed by atoms with van der Waals surface area (Å²) in [6, 6.07) is 7.66. The molecular formula is C17H24N2O2. The van der Waals surface area contributed by atoms with E-state index in [-0.39, 0.29) is 24.3 Å². The first-order chi connectivity index (χ1) is 10.0. The van der Waals surface area contributed by atoms with Gasteiger partial charge in [-0.25, -0.2) is 0 Å². The maximum atomic E-state index is 12.3. The second-order valence-corrected chi connectivity index (χ2v) is 5.94. The predicted molar refractivity (Wildman–Crippen MR) is 84.0 cm³/mol. The number of nitrogens with zero attached hydrogens (tertiary/aromatic N) is 1. The Kier molecular flexibility index (Phi) is 4.99. The molecule has 2 unspecified atom stereocenters. The molecular weight excluding hydrogens is 264 g/mol. The number of rotatable bonds is 6. The lowest BCUT2D eigenvalue weighted by molar-refractivity contribution is -0.136. The molecule has 4 heteroatoms. The van der Waals surface area contributed by atoms with E-state index in [0.29, 0.717) is 12.5 Å². The third-order valence-corrected chi connectivity index (χ3v) is 3.99. The molecule has 1 fully saturated rings. The Morgan fingerprint density at radius 2 is 2.00 bits per heavy atom. The van der Waals surface area contributed by atoms with Crippen LogP contribution in [0.2, 0.25) is 0 Å². The van der Waals surface area contributed by atoms with Gasteiger partial charge in [0.2, 0.25) is 11.8 Å². The molecule has 2 amide bonds. The number of nitrogens with one attached hydrogen (secondary N) is 1. The van der Waals surface area contributed by atoms with Gasteiger partial charge in [-0.05, 0) is 37.3 Å². The summed E-state index contributed by atoms with van der Waals surface area (Å²) in [4.78, 5) is 26.2. The summed E-state index contributed by atoms with van der Waals surface area (Å²) in [6.07, 6.45) is 1.82. The van der Waals surface area contributed by atoms with Crippen LogP contribution in [-0.2, 0) is 9.59 Å². The van der Waals surface area contributed by atoms with Crippen LogP contribution in [0.1, 0.15) is 32.3 Å². The maximum absolute atomic E-state index is 12.3. The molecule has 0 bridgehead atoms. The van der Waals surface area contributed by atoms with Crippen molar-refractivity contribution in [2.45, 2.75) is 33.6 Å². The molecule has 1 aliphatic carbocycles. The van der Waals surface area contributed by atoms with Gasteiger partial charge >= 0.3 is 0 Å². The van der Waals surface area contributed by atoms with Crippen LogP contribution in [0, 0.1) is 18.8 Å². The van der Waals surface area contributed by atoms with Crippen LogP contribution in [-0.4, -0.2) is 29.8 Å². The minimum Gasteiger partial charge on any atom is -0.333 e. The summed E-state index contributed by atoms with van der Waals surface area (Å²) in [5.41, 5.74) is 1.83. The van der Waals surface area contributed by atoms with Gasteiger partial charge in [0.15, 0.2) is 0 Å². The van der Waals surface area contributed by atoms with E-state index < -0.39 is 0 Å². The highest BCUT2D eigenvalue weighted by atomic mass is 16.2. The van der Waals surface area contributed by atoms with Gasteiger partial charge in [0.05, 0.1) is 6.54 Å². The zero-order valence-corrected chi connectivity index (χ0v) is 13.1. The van der Waals surface area contributed by atoms with E-state index in [1.54, 1.807) is 4.90 Å². The fourth-order valence-electron chi connectivity index (χ4n) is 2.51. The molecule has 1 aliphatic rings. The van der Waals surface area contributed by atoms with Crippen LogP contribution < -0.4 is 5.32 Å². The number of hydrogen-bond acceptors (Lipinski definition) is 2. The number of aryl methyl sites for hydroxylation is 1. The Balaban J connectivity index is 1.95. The Morgan fingerprint density at radius 3 is 2.57 bits per heavy atom. The summed E-state index contributed by atoms with van der Waals surface area (Å²) >= 11 is 0. The maximum Gasteiger partial charge on any atom is 0.244 e. The lowest BCUT2D eigenvalue weighted by Gasteiger charge is -2.22. The van der Waals surface area contributed by atoms with E-state index in [9.17, 15) is 9.59 Å². The van der Waals surface area contributed by atoms with E-state index >= 15 is 0 Å². The highest BCUT2D eigenvalue weighted by molar-refractivity contribution is 5.95. The predicted octanol–water partition coefficient (Wildman–Crippen LogP) is 2.83. The third kappa shape index (κ3) is 4.06. The first-order valence-corrected chi connectivity index (χ1v) is 7.67. The van der Waals surface area contributed by atoms with Gasteiger partial charge in [-0.2, -0.15) is 0 Å². The van der Waals surface area contributed by atoms with Crippen LogP contribution in [0.25, 0.3) is 0 Å². The Hall–Kier alpha value is -1.84. The lowest BCUT2D eigenvalue weighted by Crippen LogP contribution is -2.39. The molecule has 114 valence electrons. The number of anilines is 1. The normalized spacial score (nSPS) is 20.0. The fourth-order valence-corrected chi connectivity index (χ4v) is 2.51. The van der Waals surface area contributed by atoms with Crippen molar-refractivity contribution in [3.05, 3.63) is 29.8 Å². The number of carbonyl (C=O) groups is 2. The molecule has 0 aromatic heterocycles. The molecule has 0 saturated heterocycles. The topological polar surface area (TPSA) is 49.4 Å². The summed E-state index contributed by atoms with van der Waals surface area (Å²) in [7, 11) is 0. The Bertz CT molecular complexity index is 527. The molecule has 0 radical (unpaired) electrons. The number of benzene rings is 1. The number of para-hydroxylation sites is 1. The number of amides is 2. The van der Waals surface area contributed by atoms with Crippen molar-refractivity contribution < 1.29 is 9.59 Å². The average molecular weight is 288 g/mol. The lowest BCUT2D eigenvalue weighted by atomic mass is 10.2. The van der Waals surface area contributed by atoms with E-state index in [2.05, 4.69) is 12.2 Å². The average Bonchev–Trinajstić information content (AvgIpc) is 3.17. The van der Waals surface area contributed by atoms with Gasteiger partial charge in [0, 0.05) is 18.2 Å². The Labute approximate surface area is 126 Å². The van der Waals surface area contributed by atoms with Crippen molar-refractivity contribution in [1.82, 2.24) is 4.90 Å². The minimum atomic E-state index is -0.126. The van der Waals surface area contributed by atoms with Crippen LogP contribution >= 0.6 is 0 Å². The van der Waals surface area contributed by atoms with Crippen molar-refractivity contribution in [2.75, 3.05) is 18.4 Å². The van der Waals surface area contributed by atoms with Crippen molar-refractivity contribution in [3.8, 4) is 0 Å². The fraction of sp³-hybridized carbons (Fsp3) is 0.529. The van der Waals surface area contributed by atoms with Gasteiger partial charge in [-0.1, -0.05) is 32.0 Å². The van der Waals surface area contributed by atoms with Gasteiger partial charge < -0.3 is 10.2 Å². The van der Waals surface area contributed by atoms with Gasteiger partial charge in [0.25, 0.3) is 0 Å². The highest BCUT2D eigenvalue weighted by Gasteiger charge is 2.41. The second-order valence-electron chi connectivity index (χ2n) is 5.94. The minimum absolute atomic E-state index is 0.126. The van der Waals surface area contributed by atoms with Crippen LogP contribution in [0.3, 0.4) is 0 Å². The standard InChI is InChI=1S/C17H24N2O2/c1-4-9-19(17(21)14-10-13(14)3)11-16(20)18-15-8-6-5-7-12(15)2/h5-8,13-14H,4,9-11H2,1-3H3,(H,18,20). The van der Waals surface area contributed by atoms with E-state index in [1.807, 2.05) is 38.1 Å². The van der Waals surface area contributed by atoms with Crippen LogP contribution in [0.5, 0.6) is 0 Å². The molecule has 2 atom stereocenters. The quantitative estimate of drug-likeness (QED) is 0.875. The molecule has 4 nitrogen and oxygen atoms in total. The first-order valence-electron chi connectivity index (χ1n) is 7.67. The van der Waals surface area contributed by atoms with E-state index in [0.717, 1.165) is 24.1 Å². The largest absolute Gasteiger partial charge is 0.333 e. The molecule has 21 heavy (non-hydrogen) atoms. The zero-order chi connectivity index (χ0) is 15.4. The SMILES string of the molecule is CCCN(CC(=O)Nc1ccccc1C)C(=O)C1CC1C. The monoisotopic (exact) mass is 288 g/mol. The van der Waals surface area contributed by atoms with Crippen molar-refractivity contribution in [3.63, 3.8) is 0 Å². The van der Waals surface area contributed by atoms with E-state index in [4.69, 9.17) is 0 Å². The number of hydrogen-bond donors (Lipinski definition) is 1. The van der Waals surface area contributed by atoms with Crippen molar-refractivity contribution in [1.29, 1.82) is 0 Å². The molecule has 1 aromatic carbocycles. The number of carbonyl (C=O) groups excluding carboxylic acids is 2. The summed E-state index contributed by atoms with van der Waals surface area (Å²) < 4.78 is 0. The van der Waals surface area contributed by atoms with Crippen molar-refractivity contribution in [2.24, 2.45) is 11.8 Å². The first kappa shape index (κ1) is 15.5. The molecule has 1 aromatic rings. The zero-order valence-electron chi connectivity index (χ0n) is 13.1. The van der Waals surface area contributed by atoms with Crippen molar-refractivity contribution >= 4 is 17.5 Å². The molecule has 0 aliphatic heterocycles. The van der Waals surface area contributed by atoms with Gasteiger partial charge in [-0.15, -0.1) is 0 Å². The third-order valence-electron chi connectivity index (χ3n) is 3.99. The molecule has 0 spiro atoms. The highest BCUT2D eigenvalue weighted by Crippen LogP contribution is 2.39. The summed E-state index contributed by atoms with van der Waals surface area (Å²) in [6.45, 7) is 6.85. The second kappa shape index (κ2) is 6.74. The van der Waals surface area contributed by atoms with Gasteiger partial charge in [0.1, 0.15) is 0 Å². The van der Waals surface area contributed by atoms with Crippen LogP contribution in [0.15, 0.2) is 24.3 Å². The summed E-state index contributed by atoms with van der Waals surface area (Å²) in [5.74, 6) is 0.600. The molecule has 1 N–H and O–H groups in total. The molecule has 2 rings (SSSR count). The van der Waals surface area contributed by atoms with Gasteiger partial charge in [-0.3, -0.25) is 9.59 Å².